The van der Waals surface area contributed by atoms with Crippen LogP contribution in [0.25, 0.3) is 0 Å². The molecular formula is C14H27N3O4S. The number of likely N-dealkylation sites (tertiary alicyclic amines) is 1. The Hall–Kier alpha value is -1.31. The highest BCUT2D eigenvalue weighted by molar-refractivity contribution is 7.90. The largest absolute Gasteiger partial charge is 0.466 e. The lowest BCUT2D eigenvalue weighted by Gasteiger charge is -2.33. The number of nitrogens with zero attached hydrogens (tertiary/aromatic N) is 2. The van der Waals surface area contributed by atoms with Crippen LogP contribution < -0.4 is 5.32 Å². The van der Waals surface area contributed by atoms with E-state index in [0.29, 0.717) is 19.6 Å². The van der Waals surface area contributed by atoms with E-state index in [2.05, 4.69) is 15.2 Å². The van der Waals surface area contributed by atoms with Crippen LogP contribution in [0.5, 0.6) is 0 Å². The smallest absolute Gasteiger partial charge is 0.309 e. The maximum atomic E-state index is 11.7. The van der Waals surface area contributed by atoms with Crippen molar-refractivity contribution in [2.45, 2.75) is 26.2 Å². The fourth-order valence-electron chi connectivity index (χ4n) is 2.45. The Bertz CT molecular complexity index is 482. The first-order chi connectivity index (χ1) is 10.4. The van der Waals surface area contributed by atoms with Gasteiger partial charge >= 0.3 is 5.97 Å². The fourth-order valence-corrected chi connectivity index (χ4v) is 3.12. The van der Waals surface area contributed by atoms with E-state index >= 15 is 0 Å². The first-order valence-electron chi connectivity index (χ1n) is 7.67. The van der Waals surface area contributed by atoms with Crippen LogP contribution in [0.2, 0.25) is 0 Å². The van der Waals surface area contributed by atoms with Crippen molar-refractivity contribution in [2.24, 2.45) is 10.9 Å². The molecule has 1 rings (SSSR count). The minimum atomic E-state index is -2.92. The summed E-state index contributed by atoms with van der Waals surface area (Å²) in [6, 6.07) is 0. The van der Waals surface area contributed by atoms with Crippen molar-refractivity contribution in [3.05, 3.63) is 0 Å². The van der Waals surface area contributed by atoms with Gasteiger partial charge in [0.25, 0.3) is 0 Å². The first kappa shape index (κ1) is 18.7. The third kappa shape index (κ3) is 6.64. The van der Waals surface area contributed by atoms with E-state index < -0.39 is 9.84 Å². The Morgan fingerprint density at radius 2 is 2.00 bits per heavy atom. The van der Waals surface area contributed by atoms with Crippen molar-refractivity contribution in [1.29, 1.82) is 0 Å². The number of carbonyl (C=O) groups excluding carboxylic acids is 1. The summed E-state index contributed by atoms with van der Waals surface area (Å²) in [5.41, 5.74) is 0. The van der Waals surface area contributed by atoms with Gasteiger partial charge in [-0.2, -0.15) is 0 Å². The van der Waals surface area contributed by atoms with E-state index in [9.17, 15) is 13.2 Å². The molecule has 0 bridgehead atoms. The SMILES string of the molecule is CCOC(=O)C1CCN(C(=NC)NCCCS(C)(=O)=O)CC1. The molecule has 1 fully saturated rings. The number of rotatable bonds is 6. The molecule has 1 saturated heterocycles. The average molecular weight is 333 g/mol. The summed E-state index contributed by atoms with van der Waals surface area (Å²) in [5, 5.41) is 3.18. The van der Waals surface area contributed by atoms with Crippen molar-refractivity contribution < 1.29 is 17.9 Å². The van der Waals surface area contributed by atoms with Crippen LogP contribution in [0, 0.1) is 5.92 Å². The number of hydrogen-bond acceptors (Lipinski definition) is 5. The summed E-state index contributed by atoms with van der Waals surface area (Å²) in [6.45, 7) is 4.29. The topological polar surface area (TPSA) is 88.1 Å². The van der Waals surface area contributed by atoms with E-state index in [4.69, 9.17) is 4.74 Å². The number of nitrogens with one attached hydrogen (secondary N) is 1. The molecule has 0 atom stereocenters. The maximum absolute atomic E-state index is 11.7. The number of esters is 1. The van der Waals surface area contributed by atoms with E-state index in [1.165, 1.54) is 6.26 Å². The Morgan fingerprint density at radius 3 is 2.50 bits per heavy atom. The molecule has 1 heterocycles. The quantitative estimate of drug-likeness (QED) is 0.325. The molecule has 0 aromatic heterocycles. The predicted octanol–water partition coefficient (Wildman–Crippen LogP) is 0.272. The van der Waals surface area contributed by atoms with Gasteiger partial charge in [0, 0.05) is 32.9 Å². The summed E-state index contributed by atoms with van der Waals surface area (Å²) >= 11 is 0. The van der Waals surface area contributed by atoms with E-state index in [1.807, 2.05) is 6.92 Å². The third-order valence-corrected chi connectivity index (χ3v) is 4.63. The van der Waals surface area contributed by atoms with Gasteiger partial charge < -0.3 is 15.0 Å². The number of ether oxygens (including phenoxy) is 1. The third-order valence-electron chi connectivity index (χ3n) is 3.60. The normalized spacial score (nSPS) is 17.4. The first-order valence-corrected chi connectivity index (χ1v) is 9.73. The van der Waals surface area contributed by atoms with Crippen molar-refractivity contribution in [1.82, 2.24) is 10.2 Å². The molecule has 1 aliphatic heterocycles. The van der Waals surface area contributed by atoms with Gasteiger partial charge in [-0.25, -0.2) is 8.42 Å². The number of piperidine rings is 1. The van der Waals surface area contributed by atoms with Crippen LogP contribution in [-0.4, -0.2) is 70.5 Å². The second-order valence-electron chi connectivity index (χ2n) is 5.47. The molecule has 0 spiro atoms. The zero-order valence-corrected chi connectivity index (χ0v) is 14.5. The predicted molar refractivity (Wildman–Crippen MR) is 86.6 cm³/mol. The zero-order chi connectivity index (χ0) is 16.6. The number of aliphatic imine (C=N–C) groups is 1. The minimum absolute atomic E-state index is 0.0282. The van der Waals surface area contributed by atoms with Gasteiger partial charge in [-0.1, -0.05) is 0 Å². The van der Waals surface area contributed by atoms with Gasteiger partial charge in [0.05, 0.1) is 18.3 Å². The molecule has 1 N–H and O–H groups in total. The summed E-state index contributed by atoms with van der Waals surface area (Å²) in [5.74, 6) is 0.788. The molecule has 1 aliphatic rings. The Labute approximate surface area is 133 Å². The van der Waals surface area contributed by atoms with Crippen molar-refractivity contribution in [3.8, 4) is 0 Å². The monoisotopic (exact) mass is 333 g/mol. The molecule has 0 aliphatic carbocycles. The molecule has 0 amide bonds. The van der Waals surface area contributed by atoms with Gasteiger partial charge in [0.15, 0.2) is 5.96 Å². The second kappa shape index (κ2) is 8.97. The van der Waals surface area contributed by atoms with Gasteiger partial charge in [0.2, 0.25) is 0 Å². The fraction of sp³-hybridized carbons (Fsp3) is 0.857. The van der Waals surface area contributed by atoms with Crippen molar-refractivity contribution in [2.75, 3.05) is 45.3 Å². The molecule has 128 valence electrons. The highest BCUT2D eigenvalue weighted by Crippen LogP contribution is 2.18. The Morgan fingerprint density at radius 1 is 1.36 bits per heavy atom. The van der Waals surface area contributed by atoms with E-state index in [1.54, 1.807) is 7.05 Å². The second-order valence-corrected chi connectivity index (χ2v) is 7.73. The number of carbonyl (C=O) groups is 1. The lowest BCUT2D eigenvalue weighted by Crippen LogP contribution is -2.47. The van der Waals surface area contributed by atoms with Crippen LogP contribution in [0.1, 0.15) is 26.2 Å². The molecule has 8 heteroatoms. The lowest BCUT2D eigenvalue weighted by molar-refractivity contribution is -0.149. The molecule has 0 aromatic carbocycles. The van der Waals surface area contributed by atoms with Crippen molar-refractivity contribution in [3.63, 3.8) is 0 Å². The minimum Gasteiger partial charge on any atom is -0.466 e. The highest BCUT2D eigenvalue weighted by atomic mass is 32.2. The highest BCUT2D eigenvalue weighted by Gasteiger charge is 2.27. The van der Waals surface area contributed by atoms with Gasteiger partial charge in [-0.05, 0) is 26.2 Å². The summed E-state index contributed by atoms with van der Waals surface area (Å²) in [4.78, 5) is 18.0. The molecule has 0 aromatic rings. The van der Waals surface area contributed by atoms with Gasteiger partial charge in [-0.3, -0.25) is 9.79 Å². The summed E-state index contributed by atoms with van der Waals surface area (Å²) in [7, 11) is -1.22. The maximum Gasteiger partial charge on any atom is 0.309 e. The van der Waals surface area contributed by atoms with Crippen LogP contribution in [0.4, 0.5) is 0 Å². The van der Waals surface area contributed by atoms with Crippen LogP contribution >= 0.6 is 0 Å². The van der Waals surface area contributed by atoms with Crippen LogP contribution in [0.3, 0.4) is 0 Å². The van der Waals surface area contributed by atoms with E-state index in [0.717, 1.165) is 31.9 Å². The Balaban J connectivity index is 2.36. The molecule has 0 radical (unpaired) electrons. The summed E-state index contributed by atoms with van der Waals surface area (Å²) in [6.07, 6.45) is 3.30. The molecule has 0 saturated carbocycles. The molecule has 22 heavy (non-hydrogen) atoms. The number of guanidine groups is 1. The zero-order valence-electron chi connectivity index (χ0n) is 13.7. The molecule has 0 unspecified atom stereocenters. The Kier molecular flexibility index (Phi) is 7.64. The van der Waals surface area contributed by atoms with E-state index in [-0.39, 0.29) is 17.6 Å². The molecule has 7 nitrogen and oxygen atoms in total. The van der Waals surface area contributed by atoms with Gasteiger partial charge in [0.1, 0.15) is 9.84 Å². The summed E-state index contributed by atoms with van der Waals surface area (Å²) < 4.78 is 27.2. The van der Waals surface area contributed by atoms with Crippen LogP contribution in [0.15, 0.2) is 4.99 Å². The standard InChI is InChI=1S/C14H27N3O4S/c1-4-21-13(18)12-6-9-17(10-7-12)14(15-2)16-8-5-11-22(3,19)20/h12H,4-11H2,1-3H3,(H,15,16). The van der Waals surface area contributed by atoms with Crippen LogP contribution in [-0.2, 0) is 19.4 Å². The average Bonchev–Trinajstić information content (AvgIpc) is 2.47. The lowest BCUT2D eigenvalue weighted by atomic mass is 9.97. The van der Waals surface area contributed by atoms with Crippen molar-refractivity contribution >= 4 is 21.8 Å². The number of hydrogen-bond donors (Lipinski definition) is 1. The number of sulfone groups is 1. The molecular weight excluding hydrogens is 306 g/mol. The van der Waals surface area contributed by atoms with Gasteiger partial charge in [-0.15, -0.1) is 0 Å².